The van der Waals surface area contributed by atoms with Gasteiger partial charge in [0.2, 0.25) is 0 Å². The topological polar surface area (TPSA) is 78.9 Å². The van der Waals surface area contributed by atoms with E-state index in [1.165, 1.54) is 154 Å². The molecule has 6 nitrogen and oxygen atoms in total. The third-order valence-corrected chi connectivity index (χ3v) is 12.6. The monoisotopic (exact) mass is 925 g/mol. The van der Waals surface area contributed by atoms with Crippen LogP contribution in [0.15, 0.2) is 48.6 Å². The van der Waals surface area contributed by atoms with Crippen LogP contribution in [0.25, 0.3) is 0 Å². The molecule has 1 atom stereocenters. The van der Waals surface area contributed by atoms with E-state index in [0.717, 1.165) is 103 Å². The summed E-state index contributed by atoms with van der Waals surface area (Å²) in [6.45, 7) is 6.60. The van der Waals surface area contributed by atoms with E-state index in [4.69, 9.17) is 14.2 Å². The van der Waals surface area contributed by atoms with E-state index in [-0.39, 0.29) is 31.1 Å². The smallest absolute Gasteiger partial charge is 0.306 e. The Morgan fingerprint density at radius 1 is 0.303 bits per heavy atom. The lowest BCUT2D eigenvalue weighted by Crippen LogP contribution is -2.30. The summed E-state index contributed by atoms with van der Waals surface area (Å²) in [5.41, 5.74) is 0. The highest BCUT2D eigenvalue weighted by Crippen LogP contribution is 2.16. The van der Waals surface area contributed by atoms with Gasteiger partial charge in [-0.3, -0.25) is 14.4 Å². The molecular formula is C60H108O6. The van der Waals surface area contributed by atoms with Crippen molar-refractivity contribution in [2.75, 3.05) is 13.2 Å². The van der Waals surface area contributed by atoms with Gasteiger partial charge in [0.1, 0.15) is 13.2 Å². The van der Waals surface area contributed by atoms with E-state index in [1.54, 1.807) is 0 Å². The minimum absolute atomic E-state index is 0.0806. The third kappa shape index (κ3) is 52.3. The van der Waals surface area contributed by atoms with Gasteiger partial charge in [-0.25, -0.2) is 0 Å². The van der Waals surface area contributed by atoms with Crippen molar-refractivity contribution in [3.05, 3.63) is 48.6 Å². The van der Waals surface area contributed by atoms with E-state index in [1.807, 2.05) is 0 Å². The molecule has 0 aliphatic carbocycles. The first-order valence-corrected chi connectivity index (χ1v) is 28.6. The van der Waals surface area contributed by atoms with Gasteiger partial charge < -0.3 is 14.2 Å². The largest absolute Gasteiger partial charge is 0.462 e. The molecule has 0 aromatic rings. The van der Waals surface area contributed by atoms with Gasteiger partial charge in [0.05, 0.1) is 0 Å². The lowest BCUT2D eigenvalue weighted by atomic mass is 10.0. The average molecular weight is 926 g/mol. The number of esters is 3. The summed E-state index contributed by atoms with van der Waals surface area (Å²) in [6, 6.07) is 0. The van der Waals surface area contributed by atoms with Crippen molar-refractivity contribution in [2.45, 2.75) is 303 Å². The van der Waals surface area contributed by atoms with E-state index in [9.17, 15) is 14.4 Å². The van der Waals surface area contributed by atoms with Gasteiger partial charge in [-0.15, -0.1) is 0 Å². The van der Waals surface area contributed by atoms with Crippen LogP contribution in [-0.4, -0.2) is 37.2 Å². The van der Waals surface area contributed by atoms with Crippen LogP contribution in [0.1, 0.15) is 297 Å². The van der Waals surface area contributed by atoms with Crippen LogP contribution in [0.3, 0.4) is 0 Å². The maximum atomic E-state index is 12.8. The van der Waals surface area contributed by atoms with Gasteiger partial charge >= 0.3 is 17.9 Å². The van der Waals surface area contributed by atoms with Crippen molar-refractivity contribution in [1.29, 1.82) is 0 Å². The molecule has 66 heavy (non-hydrogen) atoms. The molecular weight excluding hydrogens is 817 g/mol. The molecule has 0 unspecified atom stereocenters. The van der Waals surface area contributed by atoms with Crippen molar-refractivity contribution in [3.63, 3.8) is 0 Å². The zero-order chi connectivity index (χ0) is 47.9. The van der Waals surface area contributed by atoms with Crippen molar-refractivity contribution in [2.24, 2.45) is 0 Å². The second kappa shape index (κ2) is 55.0. The molecule has 0 saturated heterocycles. The summed E-state index contributed by atoms with van der Waals surface area (Å²) < 4.78 is 16.8. The highest BCUT2D eigenvalue weighted by Gasteiger charge is 2.19. The molecule has 0 fully saturated rings. The Bertz CT molecular complexity index is 1150. The first kappa shape index (κ1) is 63.4. The summed E-state index contributed by atoms with van der Waals surface area (Å²) in [4.78, 5) is 38.1. The number of allylic oxidation sites excluding steroid dienone is 8. The van der Waals surface area contributed by atoms with Crippen LogP contribution in [-0.2, 0) is 28.6 Å². The van der Waals surface area contributed by atoms with Crippen LogP contribution in [0.5, 0.6) is 0 Å². The second-order valence-electron chi connectivity index (χ2n) is 19.2. The lowest BCUT2D eigenvalue weighted by molar-refractivity contribution is -0.167. The van der Waals surface area contributed by atoms with Crippen molar-refractivity contribution in [1.82, 2.24) is 0 Å². The van der Waals surface area contributed by atoms with Crippen LogP contribution < -0.4 is 0 Å². The summed E-state index contributed by atoms with van der Waals surface area (Å²) in [6.07, 6.45) is 66.7. The zero-order valence-corrected chi connectivity index (χ0v) is 44.0. The van der Waals surface area contributed by atoms with Gasteiger partial charge in [-0.1, -0.05) is 243 Å². The summed E-state index contributed by atoms with van der Waals surface area (Å²) >= 11 is 0. The maximum absolute atomic E-state index is 12.8. The van der Waals surface area contributed by atoms with E-state index in [0.29, 0.717) is 19.3 Å². The van der Waals surface area contributed by atoms with Gasteiger partial charge in [-0.2, -0.15) is 0 Å². The van der Waals surface area contributed by atoms with Crippen LogP contribution >= 0.6 is 0 Å². The number of carbonyl (C=O) groups excluding carboxylic acids is 3. The standard InChI is InChI=1S/C60H108O6/c1-4-7-10-13-16-19-22-25-28-29-30-33-35-38-41-44-47-50-53-59(62)65-56-57(66-60(63)54-51-48-45-42-39-36-32-27-24-21-18-15-12-9-6-3)55-64-58(61)52-49-46-43-40-37-34-31-26-23-20-17-14-11-8-5-2/h17-18,20-21,26-27,31-32,57H,4-16,19,22-25,28-30,33-56H2,1-3H3/b20-17-,21-18-,31-26-,32-27-/t57-/m1/s1. The fourth-order valence-electron chi connectivity index (χ4n) is 8.21. The summed E-state index contributed by atoms with van der Waals surface area (Å²) in [7, 11) is 0. The number of rotatable bonds is 52. The minimum atomic E-state index is -0.784. The molecule has 0 aliphatic heterocycles. The fourth-order valence-corrected chi connectivity index (χ4v) is 8.21. The van der Waals surface area contributed by atoms with Crippen LogP contribution in [0.2, 0.25) is 0 Å². The van der Waals surface area contributed by atoms with Crippen LogP contribution in [0, 0.1) is 0 Å². The Kier molecular flexibility index (Phi) is 52.8. The second-order valence-corrected chi connectivity index (χ2v) is 19.2. The molecule has 384 valence electrons. The molecule has 0 spiro atoms. The Morgan fingerprint density at radius 3 is 0.864 bits per heavy atom. The molecule has 0 N–H and O–H groups in total. The number of hydrogen-bond acceptors (Lipinski definition) is 6. The summed E-state index contributed by atoms with van der Waals surface area (Å²) in [5, 5.41) is 0. The van der Waals surface area contributed by atoms with E-state index in [2.05, 4.69) is 69.4 Å². The van der Waals surface area contributed by atoms with Gasteiger partial charge in [0, 0.05) is 19.3 Å². The Balaban J connectivity index is 4.37. The zero-order valence-electron chi connectivity index (χ0n) is 44.0. The number of ether oxygens (including phenoxy) is 3. The predicted molar refractivity (Wildman–Crippen MR) is 284 cm³/mol. The van der Waals surface area contributed by atoms with Gasteiger partial charge in [0.15, 0.2) is 6.10 Å². The molecule has 0 radical (unpaired) electrons. The maximum Gasteiger partial charge on any atom is 0.306 e. The molecule has 0 bridgehead atoms. The van der Waals surface area contributed by atoms with Gasteiger partial charge in [-0.05, 0) is 83.5 Å². The Labute approximate surface area is 409 Å². The summed E-state index contributed by atoms with van der Waals surface area (Å²) in [5.74, 6) is -0.895. The van der Waals surface area contributed by atoms with Gasteiger partial charge in [0.25, 0.3) is 0 Å². The van der Waals surface area contributed by atoms with Crippen LogP contribution in [0.4, 0.5) is 0 Å². The number of unbranched alkanes of at least 4 members (excludes halogenated alkanes) is 33. The predicted octanol–water partition coefficient (Wildman–Crippen LogP) is 19.0. The normalized spacial score (nSPS) is 12.3. The molecule has 0 aliphatic rings. The molecule has 0 heterocycles. The lowest BCUT2D eigenvalue weighted by Gasteiger charge is -2.18. The number of hydrogen-bond donors (Lipinski definition) is 0. The Morgan fingerprint density at radius 2 is 0.545 bits per heavy atom. The first-order valence-electron chi connectivity index (χ1n) is 28.6. The minimum Gasteiger partial charge on any atom is -0.462 e. The van der Waals surface area contributed by atoms with E-state index < -0.39 is 6.10 Å². The SMILES string of the molecule is CCCCC/C=C\C/C=C\CCCCCCCC(=O)OC[C@H](COC(=O)CCCCCCCCCCCCCCCCCCCC)OC(=O)CCCCCCC/C=C\C/C=C\CCCCC. The fraction of sp³-hybridized carbons (Fsp3) is 0.817. The highest BCUT2D eigenvalue weighted by molar-refractivity contribution is 5.71. The Hall–Kier alpha value is -2.63. The molecule has 6 heteroatoms. The molecule has 0 aromatic carbocycles. The van der Waals surface area contributed by atoms with Crippen molar-refractivity contribution >= 4 is 17.9 Å². The van der Waals surface area contributed by atoms with Crippen molar-refractivity contribution < 1.29 is 28.6 Å². The van der Waals surface area contributed by atoms with Crippen molar-refractivity contribution in [3.8, 4) is 0 Å². The quantitative estimate of drug-likeness (QED) is 0.0262. The molecule has 0 amide bonds. The first-order chi connectivity index (χ1) is 32.5. The molecule has 0 aromatic heterocycles. The average Bonchev–Trinajstić information content (AvgIpc) is 3.31. The van der Waals surface area contributed by atoms with E-state index >= 15 is 0 Å². The highest BCUT2D eigenvalue weighted by atomic mass is 16.6. The third-order valence-electron chi connectivity index (χ3n) is 12.6. The molecule has 0 saturated carbocycles. The number of carbonyl (C=O) groups is 3. The molecule has 0 rings (SSSR count).